The maximum atomic E-state index is 13.4. The fraction of sp³-hybridized carbons (Fsp3) is 0.263. The lowest BCUT2D eigenvalue weighted by molar-refractivity contribution is -0.135. The second-order valence-electron chi connectivity index (χ2n) is 5.72. The number of nitrogens with zero attached hydrogens (tertiary/aromatic N) is 2. The number of hydrogen-bond acceptors (Lipinski definition) is 4. The molecule has 0 spiro atoms. The molecule has 2 aromatic carbocycles. The van der Waals surface area contributed by atoms with E-state index in [0.29, 0.717) is 11.1 Å². The highest BCUT2D eigenvalue weighted by Gasteiger charge is 2.59. The molecule has 0 N–H and O–H groups in total. The third-order valence-corrected chi connectivity index (χ3v) is 4.32. The molecule has 0 unspecified atom stereocenters. The van der Waals surface area contributed by atoms with Gasteiger partial charge in [-0.3, -0.25) is 9.69 Å². The Bertz CT molecular complexity index is 709. The van der Waals surface area contributed by atoms with Crippen LogP contribution in [0.2, 0.25) is 0 Å². The lowest BCUT2D eigenvalue weighted by Gasteiger charge is -2.35. The van der Waals surface area contributed by atoms with Gasteiger partial charge >= 0.3 is 6.03 Å². The highest BCUT2D eigenvalue weighted by molar-refractivity contribution is 6.09. The van der Waals surface area contributed by atoms with Crippen molar-refractivity contribution in [1.82, 2.24) is 9.80 Å². The van der Waals surface area contributed by atoms with Gasteiger partial charge in [0.2, 0.25) is 0 Å². The fourth-order valence-electron chi connectivity index (χ4n) is 3.29. The molecule has 130 valence electrons. The molecule has 1 aliphatic heterocycles. The van der Waals surface area contributed by atoms with E-state index in [2.05, 4.69) is 0 Å². The van der Waals surface area contributed by atoms with E-state index in [1.54, 1.807) is 0 Å². The van der Waals surface area contributed by atoms with Crippen LogP contribution in [0.1, 0.15) is 11.1 Å². The van der Waals surface area contributed by atoms with Crippen LogP contribution in [0.25, 0.3) is 0 Å². The maximum absolute atomic E-state index is 13.4. The third-order valence-electron chi connectivity index (χ3n) is 4.32. The largest absolute Gasteiger partial charge is 0.364 e. The van der Waals surface area contributed by atoms with Gasteiger partial charge in [0.25, 0.3) is 5.91 Å². The Labute approximate surface area is 146 Å². The predicted octanol–water partition coefficient (Wildman–Crippen LogP) is 2.40. The summed E-state index contributed by atoms with van der Waals surface area (Å²) >= 11 is 0. The zero-order valence-electron chi connectivity index (χ0n) is 14.2. The van der Waals surface area contributed by atoms with E-state index in [1.165, 1.54) is 19.1 Å². The molecule has 0 bridgehead atoms. The number of urea groups is 1. The molecule has 1 aliphatic rings. The summed E-state index contributed by atoms with van der Waals surface area (Å²) in [6.07, 6.45) is 0. The van der Waals surface area contributed by atoms with Crippen molar-refractivity contribution in [3.05, 3.63) is 71.8 Å². The number of carbonyl (C=O) groups is 2. The molecule has 3 rings (SSSR count). The number of imide groups is 1. The monoisotopic (exact) mass is 340 g/mol. The molecule has 0 aliphatic carbocycles. The van der Waals surface area contributed by atoms with Gasteiger partial charge in [0.1, 0.15) is 13.5 Å². The summed E-state index contributed by atoms with van der Waals surface area (Å²) in [5.41, 5.74) is 0.124. The van der Waals surface area contributed by atoms with Crippen LogP contribution in [0.3, 0.4) is 0 Å². The molecular formula is C19H20N2O4. The average molecular weight is 340 g/mol. The molecule has 25 heavy (non-hydrogen) atoms. The van der Waals surface area contributed by atoms with Crippen LogP contribution < -0.4 is 0 Å². The van der Waals surface area contributed by atoms with Crippen molar-refractivity contribution in [2.24, 2.45) is 0 Å². The first-order chi connectivity index (χ1) is 12.2. The summed E-state index contributed by atoms with van der Waals surface area (Å²) in [6, 6.07) is 18.1. The van der Waals surface area contributed by atoms with Crippen LogP contribution in [-0.4, -0.2) is 49.4 Å². The topological polar surface area (TPSA) is 59.1 Å². The van der Waals surface area contributed by atoms with E-state index in [4.69, 9.17) is 9.47 Å². The Hall–Kier alpha value is -2.70. The predicted molar refractivity (Wildman–Crippen MR) is 91.5 cm³/mol. The molecule has 6 nitrogen and oxygen atoms in total. The number of benzene rings is 2. The van der Waals surface area contributed by atoms with E-state index in [9.17, 15) is 9.59 Å². The molecule has 0 aromatic heterocycles. The van der Waals surface area contributed by atoms with Crippen molar-refractivity contribution in [1.29, 1.82) is 0 Å². The quantitative estimate of drug-likeness (QED) is 0.758. The van der Waals surface area contributed by atoms with Gasteiger partial charge in [-0.25, -0.2) is 9.69 Å². The van der Waals surface area contributed by atoms with Gasteiger partial charge in [0.05, 0.1) is 0 Å². The van der Waals surface area contributed by atoms with Crippen LogP contribution in [0.15, 0.2) is 60.7 Å². The van der Waals surface area contributed by atoms with Crippen LogP contribution in [0.4, 0.5) is 4.79 Å². The summed E-state index contributed by atoms with van der Waals surface area (Å²) in [4.78, 5) is 28.9. The Morgan fingerprint density at radius 1 is 0.800 bits per heavy atom. The summed E-state index contributed by atoms with van der Waals surface area (Å²) in [7, 11) is 2.95. The van der Waals surface area contributed by atoms with Gasteiger partial charge in [-0.1, -0.05) is 60.7 Å². The molecule has 1 fully saturated rings. The van der Waals surface area contributed by atoms with Crippen LogP contribution in [0.5, 0.6) is 0 Å². The standard InChI is InChI=1S/C19H20N2O4/c1-24-13-20-17(22)19(15-9-5-3-6-10-15,16-11-7-4-8-12-16)21(14-25-2)18(20)23/h3-12H,13-14H2,1-2H3. The second-order valence-corrected chi connectivity index (χ2v) is 5.72. The normalized spacial score (nSPS) is 16.6. The molecule has 0 radical (unpaired) electrons. The first-order valence-electron chi connectivity index (χ1n) is 7.90. The molecule has 0 saturated carbocycles. The second kappa shape index (κ2) is 7.04. The van der Waals surface area contributed by atoms with Crippen LogP contribution in [0, 0.1) is 0 Å². The molecular weight excluding hydrogens is 320 g/mol. The highest BCUT2D eigenvalue weighted by Crippen LogP contribution is 2.42. The first-order valence-corrected chi connectivity index (χ1v) is 7.90. The first kappa shape index (κ1) is 17.1. The fourth-order valence-corrected chi connectivity index (χ4v) is 3.29. The summed E-state index contributed by atoms with van der Waals surface area (Å²) in [5, 5.41) is 0. The minimum atomic E-state index is -1.28. The van der Waals surface area contributed by atoms with Crippen molar-refractivity contribution < 1.29 is 19.1 Å². The van der Waals surface area contributed by atoms with E-state index < -0.39 is 11.6 Å². The van der Waals surface area contributed by atoms with Crippen molar-refractivity contribution in [2.75, 3.05) is 27.7 Å². The molecule has 2 aromatic rings. The van der Waals surface area contributed by atoms with Gasteiger partial charge in [-0.05, 0) is 11.1 Å². The molecule has 0 atom stereocenters. The van der Waals surface area contributed by atoms with Crippen molar-refractivity contribution >= 4 is 11.9 Å². The van der Waals surface area contributed by atoms with Crippen LogP contribution >= 0.6 is 0 Å². The lowest BCUT2D eigenvalue weighted by Crippen LogP contribution is -2.48. The number of carbonyl (C=O) groups excluding carboxylic acids is 2. The van der Waals surface area contributed by atoms with Gasteiger partial charge in [0, 0.05) is 14.2 Å². The molecule has 3 amide bonds. The average Bonchev–Trinajstić information content (AvgIpc) is 2.86. The molecule has 6 heteroatoms. The van der Waals surface area contributed by atoms with Gasteiger partial charge in [0.15, 0.2) is 5.54 Å². The Kier molecular flexibility index (Phi) is 4.83. The number of hydrogen-bond donors (Lipinski definition) is 0. The summed E-state index contributed by atoms with van der Waals surface area (Å²) < 4.78 is 10.3. The Morgan fingerprint density at radius 3 is 1.72 bits per heavy atom. The number of methoxy groups -OCH3 is 2. The number of rotatable bonds is 6. The number of amides is 3. The van der Waals surface area contributed by atoms with Gasteiger partial charge in [-0.2, -0.15) is 0 Å². The summed E-state index contributed by atoms with van der Waals surface area (Å²) in [5.74, 6) is -0.353. The maximum Gasteiger partial charge on any atom is 0.332 e. The third kappa shape index (κ3) is 2.59. The van der Waals surface area contributed by atoms with E-state index in [1.807, 2.05) is 60.7 Å². The zero-order valence-corrected chi connectivity index (χ0v) is 14.2. The Balaban J connectivity index is 2.28. The van der Waals surface area contributed by atoms with E-state index in [0.717, 1.165) is 4.90 Å². The summed E-state index contributed by atoms with van der Waals surface area (Å²) in [6.45, 7) is -0.131. The highest BCUT2D eigenvalue weighted by atomic mass is 16.5. The van der Waals surface area contributed by atoms with Gasteiger partial charge < -0.3 is 9.47 Å². The van der Waals surface area contributed by atoms with Crippen molar-refractivity contribution in [2.45, 2.75) is 5.54 Å². The number of ether oxygens (including phenoxy) is 2. The zero-order chi connectivity index (χ0) is 17.9. The van der Waals surface area contributed by atoms with Crippen LogP contribution in [-0.2, 0) is 19.8 Å². The SMILES string of the molecule is COCN1C(=O)N(COC)C(c2ccccc2)(c2ccccc2)C1=O. The minimum Gasteiger partial charge on any atom is -0.364 e. The van der Waals surface area contributed by atoms with Gasteiger partial charge in [-0.15, -0.1) is 0 Å². The minimum absolute atomic E-state index is 0.0193. The molecule has 1 heterocycles. The Morgan fingerprint density at radius 2 is 1.28 bits per heavy atom. The van der Waals surface area contributed by atoms with E-state index >= 15 is 0 Å². The lowest BCUT2D eigenvalue weighted by atomic mass is 9.81. The smallest absolute Gasteiger partial charge is 0.332 e. The van der Waals surface area contributed by atoms with Crippen molar-refractivity contribution in [3.8, 4) is 0 Å². The van der Waals surface area contributed by atoms with Crippen molar-refractivity contribution in [3.63, 3.8) is 0 Å². The molecule has 1 saturated heterocycles. The van der Waals surface area contributed by atoms with E-state index in [-0.39, 0.29) is 19.4 Å².